The van der Waals surface area contributed by atoms with Gasteiger partial charge in [0.05, 0.1) is 18.0 Å². The third-order valence-corrected chi connectivity index (χ3v) is 10.1. The molecular weight excluding hydrogens is 641 g/mol. The molecule has 0 radical (unpaired) electrons. The monoisotopic (exact) mass is 682 g/mol. The van der Waals surface area contributed by atoms with Crippen molar-refractivity contribution in [3.8, 4) is 0 Å². The lowest BCUT2D eigenvalue weighted by Crippen LogP contribution is -2.81. The Hall–Kier alpha value is -5.90. The maximum atomic E-state index is 3.88. The van der Waals surface area contributed by atoms with Gasteiger partial charge < -0.3 is 20.4 Å². The van der Waals surface area contributed by atoms with Crippen molar-refractivity contribution in [1.82, 2.24) is 31.9 Å². The van der Waals surface area contributed by atoms with Gasteiger partial charge in [-0.3, -0.25) is 21.3 Å². The third-order valence-electron chi connectivity index (χ3n) is 10.1. The molecule has 0 saturated carbocycles. The summed E-state index contributed by atoms with van der Waals surface area (Å²) in [6, 6.07) is 59.9. The van der Waals surface area contributed by atoms with E-state index in [2.05, 4.69) is 218 Å². The van der Waals surface area contributed by atoms with Crippen LogP contribution in [0.15, 0.2) is 176 Å². The Balaban J connectivity index is 0.882. The molecule has 2 saturated heterocycles. The molecule has 0 spiro atoms. The molecule has 2 fully saturated rings. The molecule has 6 aromatic rings. The van der Waals surface area contributed by atoms with Gasteiger partial charge in [0.15, 0.2) is 0 Å². The first kappa shape index (κ1) is 32.0. The number of benzene rings is 6. The molecule has 3 aliphatic heterocycles. The zero-order valence-electron chi connectivity index (χ0n) is 28.7. The average Bonchev–Trinajstić information content (AvgIpc) is 3.22. The second-order valence-electron chi connectivity index (χ2n) is 13.4. The molecule has 5 unspecified atom stereocenters. The number of anilines is 6. The summed E-state index contributed by atoms with van der Waals surface area (Å²) in [5, 5.41) is 22.6. The van der Waals surface area contributed by atoms with E-state index in [-0.39, 0.29) is 30.7 Å². The summed E-state index contributed by atoms with van der Waals surface area (Å²) in [5.74, 6) is 0. The minimum atomic E-state index is -0.0215. The smallest absolute Gasteiger partial charge is 0.113 e. The molecule has 6 aromatic carbocycles. The molecule has 0 amide bonds. The number of piperazine rings is 2. The molecule has 0 bridgehead atoms. The van der Waals surface area contributed by atoms with Crippen LogP contribution in [0.3, 0.4) is 0 Å². The zero-order chi connectivity index (χ0) is 34.7. The Labute approximate surface area is 305 Å². The molecule has 52 heavy (non-hydrogen) atoms. The van der Waals surface area contributed by atoms with Crippen molar-refractivity contribution in [2.75, 3.05) is 16.3 Å². The van der Waals surface area contributed by atoms with Gasteiger partial charge in [-0.2, -0.15) is 0 Å². The minimum absolute atomic E-state index is 0.0196. The number of hydrogen-bond acceptors (Lipinski definition) is 8. The number of fused-ring (bicyclic) bond motifs is 2. The highest BCUT2D eigenvalue weighted by atomic mass is 15.4. The Bertz CT molecular complexity index is 2010. The molecular formula is C44H42N8. The first-order chi connectivity index (χ1) is 25.8. The summed E-state index contributed by atoms with van der Waals surface area (Å²) in [6.07, 6.45) is 2.18. The standard InChI is InChI=1S/C44H42N8/c1-5-13-33(14-6-1)51(34-15-7-2-8-16-34)37-25-21-31(22-26-37)39-29-45-41-43(47-39)50-44-42(49-41)46-30-40(48-44)32-23-27-38(28-24-32)52(35-17-9-3-10-18-35)36-19-11-4-12-20-36/h1-29,40-50H,30H2. The summed E-state index contributed by atoms with van der Waals surface area (Å²) in [7, 11) is 0. The third kappa shape index (κ3) is 6.52. The number of hydrogen-bond donors (Lipinski definition) is 6. The van der Waals surface area contributed by atoms with Crippen LogP contribution in [-0.4, -0.2) is 31.2 Å². The van der Waals surface area contributed by atoms with Gasteiger partial charge in [-0.15, -0.1) is 0 Å². The lowest BCUT2D eigenvalue weighted by Gasteiger charge is -2.50. The van der Waals surface area contributed by atoms with Gasteiger partial charge in [0.2, 0.25) is 0 Å². The average molecular weight is 683 g/mol. The highest BCUT2D eigenvalue weighted by Crippen LogP contribution is 2.36. The van der Waals surface area contributed by atoms with Gasteiger partial charge in [0.1, 0.15) is 12.3 Å². The number of rotatable bonds is 8. The highest BCUT2D eigenvalue weighted by Gasteiger charge is 2.41. The van der Waals surface area contributed by atoms with Gasteiger partial charge in [0, 0.05) is 52.9 Å². The van der Waals surface area contributed by atoms with Crippen LogP contribution in [0.2, 0.25) is 0 Å². The Morgan fingerprint density at radius 2 is 0.846 bits per heavy atom. The summed E-state index contributed by atoms with van der Waals surface area (Å²) in [4.78, 5) is 4.57. The van der Waals surface area contributed by atoms with Crippen molar-refractivity contribution in [2.45, 2.75) is 30.7 Å². The normalized spacial score (nSPS) is 22.1. The van der Waals surface area contributed by atoms with Gasteiger partial charge >= 0.3 is 0 Å². The topological polar surface area (TPSA) is 78.7 Å². The Morgan fingerprint density at radius 3 is 1.35 bits per heavy atom. The lowest BCUT2D eigenvalue weighted by molar-refractivity contribution is 0.101. The van der Waals surface area contributed by atoms with Crippen molar-refractivity contribution in [2.24, 2.45) is 0 Å². The summed E-state index contributed by atoms with van der Waals surface area (Å²) < 4.78 is 0. The Kier molecular flexibility index (Phi) is 8.86. The van der Waals surface area contributed by atoms with E-state index in [1.807, 2.05) is 0 Å². The van der Waals surface area contributed by atoms with E-state index in [0.717, 1.165) is 51.9 Å². The van der Waals surface area contributed by atoms with Gasteiger partial charge in [-0.05, 0) is 83.9 Å². The van der Waals surface area contributed by atoms with Crippen molar-refractivity contribution >= 4 is 39.8 Å². The maximum absolute atomic E-state index is 3.88. The number of para-hydroxylation sites is 4. The van der Waals surface area contributed by atoms with Crippen LogP contribution < -0.4 is 41.7 Å². The number of nitrogens with one attached hydrogen (secondary N) is 6. The van der Waals surface area contributed by atoms with E-state index < -0.39 is 0 Å². The zero-order valence-corrected chi connectivity index (χ0v) is 28.7. The van der Waals surface area contributed by atoms with E-state index >= 15 is 0 Å². The first-order valence-corrected chi connectivity index (χ1v) is 18.0. The van der Waals surface area contributed by atoms with Crippen LogP contribution in [-0.2, 0) is 0 Å². The van der Waals surface area contributed by atoms with E-state index in [4.69, 9.17) is 0 Å². The molecule has 9 rings (SSSR count). The maximum Gasteiger partial charge on any atom is 0.113 e. The van der Waals surface area contributed by atoms with Crippen LogP contribution >= 0.6 is 0 Å². The molecule has 6 N–H and O–H groups in total. The summed E-state index contributed by atoms with van der Waals surface area (Å²) >= 11 is 0. The van der Waals surface area contributed by atoms with Crippen molar-refractivity contribution in [3.63, 3.8) is 0 Å². The van der Waals surface area contributed by atoms with Crippen LogP contribution in [0.5, 0.6) is 0 Å². The fourth-order valence-electron chi connectivity index (χ4n) is 7.49. The van der Waals surface area contributed by atoms with Crippen LogP contribution in [0, 0.1) is 0 Å². The predicted molar refractivity (Wildman–Crippen MR) is 212 cm³/mol. The molecule has 258 valence electrons. The molecule has 3 aliphatic rings. The van der Waals surface area contributed by atoms with Crippen molar-refractivity contribution in [1.29, 1.82) is 0 Å². The second-order valence-corrected chi connectivity index (χ2v) is 13.4. The van der Waals surface area contributed by atoms with Crippen LogP contribution in [0.4, 0.5) is 34.1 Å². The fraction of sp³-hybridized carbons (Fsp3) is 0.136. The molecule has 0 aromatic heterocycles. The lowest BCUT2D eigenvalue weighted by atomic mass is 10.0. The molecule has 5 atom stereocenters. The fourth-order valence-corrected chi connectivity index (χ4v) is 7.49. The quantitative estimate of drug-likeness (QED) is 0.0984. The predicted octanol–water partition coefficient (Wildman–Crippen LogP) is 7.55. The van der Waals surface area contributed by atoms with Crippen molar-refractivity contribution < 1.29 is 0 Å². The van der Waals surface area contributed by atoms with E-state index in [9.17, 15) is 0 Å². The molecule has 8 heteroatoms. The van der Waals surface area contributed by atoms with Gasteiger partial charge in [0.25, 0.3) is 0 Å². The van der Waals surface area contributed by atoms with Crippen molar-refractivity contribution in [3.05, 3.63) is 187 Å². The van der Waals surface area contributed by atoms with E-state index in [1.54, 1.807) is 0 Å². The highest BCUT2D eigenvalue weighted by molar-refractivity contribution is 5.78. The summed E-state index contributed by atoms with van der Waals surface area (Å²) in [5.41, 5.74) is 10.1. The summed E-state index contributed by atoms with van der Waals surface area (Å²) in [6.45, 7) is 0.817. The molecule has 0 aliphatic carbocycles. The van der Waals surface area contributed by atoms with Gasteiger partial charge in [-0.25, -0.2) is 0 Å². The van der Waals surface area contributed by atoms with Crippen LogP contribution in [0.1, 0.15) is 17.2 Å². The van der Waals surface area contributed by atoms with E-state index in [0.29, 0.717) is 0 Å². The first-order valence-electron chi connectivity index (χ1n) is 18.0. The minimum Gasteiger partial charge on any atom is -0.371 e. The van der Waals surface area contributed by atoms with Gasteiger partial charge in [-0.1, -0.05) is 97.1 Å². The SMILES string of the molecule is C1=C(c2ccc(N(c3ccccc3)c3ccccc3)cc2)NC2NC3NC(c4ccc(N(c5ccccc5)c5ccccc5)cc4)CNC3NC2N1. The largest absolute Gasteiger partial charge is 0.371 e. The second kappa shape index (κ2) is 14.4. The van der Waals surface area contributed by atoms with E-state index in [1.165, 1.54) is 5.56 Å². The molecule has 8 nitrogen and oxygen atoms in total. The molecule has 3 heterocycles. The Morgan fingerprint density at radius 1 is 0.404 bits per heavy atom. The number of nitrogens with zero attached hydrogens (tertiary/aromatic N) is 2. The van der Waals surface area contributed by atoms with Crippen LogP contribution in [0.25, 0.3) is 5.70 Å².